The summed E-state index contributed by atoms with van der Waals surface area (Å²) in [5, 5.41) is 2.45. The molecule has 0 aliphatic carbocycles. The maximum Gasteiger partial charge on any atom is 0.134 e. The van der Waals surface area contributed by atoms with Gasteiger partial charge in [0.05, 0.1) is 0 Å². The predicted molar refractivity (Wildman–Crippen MR) is 89.1 cm³/mol. The minimum absolute atomic E-state index is 0.159. The van der Waals surface area contributed by atoms with Gasteiger partial charge in [-0.25, -0.2) is 0 Å². The summed E-state index contributed by atoms with van der Waals surface area (Å²) in [6.07, 6.45) is 0.452. The van der Waals surface area contributed by atoms with Crippen molar-refractivity contribution in [1.82, 2.24) is 0 Å². The Balaban J connectivity index is 1.72. The molecule has 22 heavy (non-hydrogen) atoms. The minimum Gasteiger partial charge on any atom is -0.489 e. The van der Waals surface area contributed by atoms with Gasteiger partial charge in [-0.2, -0.15) is 0 Å². The van der Waals surface area contributed by atoms with Crippen molar-refractivity contribution in [2.45, 2.75) is 20.0 Å². The summed E-state index contributed by atoms with van der Waals surface area (Å²) in [6, 6.07) is 22.4. The van der Waals surface area contributed by atoms with Gasteiger partial charge in [0.1, 0.15) is 18.1 Å². The van der Waals surface area contributed by atoms with E-state index < -0.39 is 0 Å². The van der Waals surface area contributed by atoms with Crippen LogP contribution in [0.5, 0.6) is 5.75 Å². The zero-order valence-electron chi connectivity index (χ0n) is 12.6. The first kappa shape index (κ1) is 14.3. The zero-order chi connectivity index (χ0) is 15.4. The van der Waals surface area contributed by atoms with Crippen molar-refractivity contribution in [2.24, 2.45) is 0 Å². The fraction of sp³-hybridized carbons (Fsp3) is 0.150. The Hall–Kier alpha value is -2.61. The van der Waals surface area contributed by atoms with Gasteiger partial charge in [-0.3, -0.25) is 4.79 Å². The topological polar surface area (TPSA) is 26.3 Å². The van der Waals surface area contributed by atoms with Crippen molar-refractivity contribution in [3.63, 3.8) is 0 Å². The summed E-state index contributed by atoms with van der Waals surface area (Å²) in [6.45, 7) is 2.12. The maximum absolute atomic E-state index is 11.2. The van der Waals surface area contributed by atoms with E-state index in [1.54, 1.807) is 6.92 Å². The standard InChI is InChI=1S/C20H18O2/c1-15(21)11-16-5-4-8-20(13-16)22-14-17-9-10-18-6-2-3-7-19(18)12-17/h2-10,12-13H,11,14H2,1H3. The third-order valence-corrected chi connectivity index (χ3v) is 3.57. The van der Waals surface area contributed by atoms with Crippen molar-refractivity contribution < 1.29 is 9.53 Å². The second-order valence-corrected chi connectivity index (χ2v) is 5.50. The van der Waals surface area contributed by atoms with Crippen molar-refractivity contribution in [2.75, 3.05) is 0 Å². The summed E-state index contributed by atoms with van der Waals surface area (Å²) >= 11 is 0. The lowest BCUT2D eigenvalue weighted by molar-refractivity contribution is -0.116. The van der Waals surface area contributed by atoms with Crippen LogP contribution >= 0.6 is 0 Å². The summed E-state index contributed by atoms with van der Waals surface area (Å²) in [4.78, 5) is 11.2. The summed E-state index contributed by atoms with van der Waals surface area (Å²) < 4.78 is 5.85. The molecule has 0 N–H and O–H groups in total. The average Bonchev–Trinajstić information content (AvgIpc) is 2.52. The Morgan fingerprint density at radius 3 is 2.50 bits per heavy atom. The van der Waals surface area contributed by atoms with E-state index in [4.69, 9.17) is 4.74 Å². The van der Waals surface area contributed by atoms with Crippen molar-refractivity contribution >= 4 is 16.6 Å². The largest absolute Gasteiger partial charge is 0.489 e. The number of carbonyl (C=O) groups is 1. The van der Waals surface area contributed by atoms with Crippen LogP contribution in [0.25, 0.3) is 10.8 Å². The molecular weight excluding hydrogens is 272 g/mol. The van der Waals surface area contributed by atoms with Crippen LogP contribution in [0.4, 0.5) is 0 Å². The Kier molecular flexibility index (Phi) is 4.19. The van der Waals surface area contributed by atoms with Crippen molar-refractivity contribution in [1.29, 1.82) is 0 Å². The monoisotopic (exact) mass is 290 g/mol. The van der Waals surface area contributed by atoms with Crippen LogP contribution < -0.4 is 4.74 Å². The molecule has 0 bridgehead atoms. The van der Waals surface area contributed by atoms with Gasteiger partial charge in [-0.05, 0) is 47.0 Å². The van der Waals surface area contributed by atoms with Crippen LogP contribution in [-0.4, -0.2) is 5.78 Å². The molecule has 0 amide bonds. The highest BCUT2D eigenvalue weighted by Crippen LogP contribution is 2.19. The Labute approximate surface area is 130 Å². The molecular formula is C20H18O2. The number of rotatable bonds is 5. The Morgan fingerprint density at radius 1 is 0.864 bits per heavy atom. The molecule has 3 rings (SSSR count). The quantitative estimate of drug-likeness (QED) is 0.689. The van der Waals surface area contributed by atoms with Gasteiger partial charge in [0.2, 0.25) is 0 Å². The smallest absolute Gasteiger partial charge is 0.134 e. The second-order valence-electron chi connectivity index (χ2n) is 5.50. The van der Waals surface area contributed by atoms with E-state index in [0.29, 0.717) is 13.0 Å². The van der Waals surface area contributed by atoms with Crippen molar-refractivity contribution in [3.8, 4) is 5.75 Å². The molecule has 3 aromatic carbocycles. The lowest BCUT2D eigenvalue weighted by atomic mass is 10.1. The van der Waals surface area contributed by atoms with Crippen molar-refractivity contribution in [3.05, 3.63) is 77.9 Å². The highest BCUT2D eigenvalue weighted by Gasteiger charge is 2.01. The zero-order valence-corrected chi connectivity index (χ0v) is 12.6. The lowest BCUT2D eigenvalue weighted by Crippen LogP contribution is -1.98. The van der Waals surface area contributed by atoms with Gasteiger partial charge in [-0.15, -0.1) is 0 Å². The number of hydrogen-bond donors (Lipinski definition) is 0. The van der Waals surface area contributed by atoms with E-state index in [9.17, 15) is 4.79 Å². The molecule has 0 aliphatic heterocycles. The first-order chi connectivity index (χ1) is 10.7. The average molecular weight is 290 g/mol. The lowest BCUT2D eigenvalue weighted by Gasteiger charge is -2.08. The Morgan fingerprint density at radius 2 is 1.68 bits per heavy atom. The van der Waals surface area contributed by atoms with Gasteiger partial charge in [0.25, 0.3) is 0 Å². The third kappa shape index (κ3) is 3.53. The molecule has 0 radical (unpaired) electrons. The number of Topliss-reactive ketones (excluding diaryl/α,β-unsaturated/α-hetero) is 1. The van der Waals surface area contributed by atoms with E-state index in [-0.39, 0.29) is 5.78 Å². The predicted octanol–water partition coefficient (Wildman–Crippen LogP) is 4.55. The first-order valence-corrected chi connectivity index (χ1v) is 7.39. The number of benzene rings is 3. The van der Waals surface area contributed by atoms with Gasteiger partial charge < -0.3 is 4.74 Å². The van der Waals surface area contributed by atoms with E-state index in [0.717, 1.165) is 16.9 Å². The Bertz CT molecular complexity index is 805. The van der Waals surface area contributed by atoms with E-state index in [2.05, 4.69) is 30.3 Å². The highest BCUT2D eigenvalue weighted by atomic mass is 16.5. The van der Waals surface area contributed by atoms with Gasteiger partial charge in [-0.1, -0.05) is 48.5 Å². The molecule has 0 saturated heterocycles. The minimum atomic E-state index is 0.159. The second kappa shape index (κ2) is 6.44. The van der Waals surface area contributed by atoms with Crippen LogP contribution in [0.3, 0.4) is 0 Å². The van der Waals surface area contributed by atoms with Gasteiger partial charge >= 0.3 is 0 Å². The number of carbonyl (C=O) groups excluding carboxylic acids is 1. The third-order valence-electron chi connectivity index (χ3n) is 3.57. The molecule has 0 fully saturated rings. The van der Waals surface area contributed by atoms with E-state index in [1.165, 1.54) is 10.8 Å². The molecule has 0 saturated carbocycles. The molecule has 2 heteroatoms. The molecule has 0 unspecified atom stereocenters. The fourth-order valence-corrected chi connectivity index (χ4v) is 2.53. The molecule has 0 spiro atoms. The SMILES string of the molecule is CC(=O)Cc1cccc(OCc2ccc3ccccc3c2)c1. The van der Waals surface area contributed by atoms with Crippen LogP contribution in [0.2, 0.25) is 0 Å². The van der Waals surface area contributed by atoms with E-state index >= 15 is 0 Å². The van der Waals surface area contributed by atoms with Gasteiger partial charge in [0, 0.05) is 6.42 Å². The number of hydrogen-bond acceptors (Lipinski definition) is 2. The number of ether oxygens (including phenoxy) is 1. The van der Waals surface area contributed by atoms with Gasteiger partial charge in [0.15, 0.2) is 0 Å². The molecule has 2 nitrogen and oxygen atoms in total. The van der Waals surface area contributed by atoms with E-state index in [1.807, 2.05) is 36.4 Å². The van der Waals surface area contributed by atoms with Crippen LogP contribution in [-0.2, 0) is 17.8 Å². The first-order valence-electron chi connectivity index (χ1n) is 7.39. The molecule has 0 aliphatic rings. The number of ketones is 1. The highest BCUT2D eigenvalue weighted by molar-refractivity contribution is 5.83. The van der Waals surface area contributed by atoms with Crippen LogP contribution in [0.15, 0.2) is 66.7 Å². The summed E-state index contributed by atoms with van der Waals surface area (Å²) in [5.41, 5.74) is 2.12. The van der Waals surface area contributed by atoms with Crippen LogP contribution in [0, 0.1) is 0 Å². The molecule has 0 atom stereocenters. The van der Waals surface area contributed by atoms with Crippen LogP contribution in [0.1, 0.15) is 18.1 Å². The molecule has 110 valence electrons. The normalized spacial score (nSPS) is 10.6. The summed E-state index contributed by atoms with van der Waals surface area (Å²) in [5.74, 6) is 0.957. The number of fused-ring (bicyclic) bond motifs is 1. The molecule has 0 aromatic heterocycles. The summed E-state index contributed by atoms with van der Waals surface area (Å²) in [7, 11) is 0. The maximum atomic E-state index is 11.2. The molecule has 3 aromatic rings. The fourth-order valence-electron chi connectivity index (χ4n) is 2.53. The molecule has 0 heterocycles.